The Balaban J connectivity index is 6.57. The van der Waals surface area contributed by atoms with E-state index >= 15 is 0 Å². The molecular formula is C16H17F17O2Si. The number of hydrogen-bond donors (Lipinski definition) is 0. The van der Waals surface area contributed by atoms with Crippen LogP contribution in [0.3, 0.4) is 0 Å². The van der Waals surface area contributed by atoms with Gasteiger partial charge in [-0.3, -0.25) is 0 Å². The van der Waals surface area contributed by atoms with Crippen molar-refractivity contribution >= 4 is 8.56 Å². The maximum absolute atomic E-state index is 14.0. The summed E-state index contributed by atoms with van der Waals surface area (Å²) in [5, 5.41) is 0. The van der Waals surface area contributed by atoms with E-state index in [2.05, 4.69) is 6.58 Å². The Hall–Kier alpha value is -1.31. The molecule has 0 unspecified atom stereocenters. The first-order chi connectivity index (χ1) is 15.6. The van der Waals surface area contributed by atoms with Gasteiger partial charge in [0, 0.05) is 25.7 Å². The van der Waals surface area contributed by atoms with Crippen LogP contribution < -0.4 is 0 Å². The zero-order valence-electron chi connectivity index (χ0n) is 17.9. The van der Waals surface area contributed by atoms with Gasteiger partial charge in [-0.25, -0.2) is 0 Å². The molecule has 216 valence electrons. The summed E-state index contributed by atoms with van der Waals surface area (Å²) in [6.45, 7) is 4.77. The van der Waals surface area contributed by atoms with Gasteiger partial charge in [0.25, 0.3) is 0 Å². The van der Waals surface area contributed by atoms with E-state index in [1.165, 1.54) is 13.8 Å². The molecule has 0 heterocycles. The zero-order valence-corrected chi connectivity index (χ0v) is 18.9. The van der Waals surface area contributed by atoms with Crippen molar-refractivity contribution in [1.29, 1.82) is 0 Å². The van der Waals surface area contributed by atoms with E-state index in [0.29, 0.717) is 5.70 Å². The summed E-state index contributed by atoms with van der Waals surface area (Å²) in [5.41, 5.74) is 0.675. The van der Waals surface area contributed by atoms with E-state index in [4.69, 9.17) is 8.85 Å². The first kappa shape index (κ1) is 34.7. The van der Waals surface area contributed by atoms with E-state index < -0.39 is 68.7 Å². The van der Waals surface area contributed by atoms with Crippen molar-refractivity contribution in [2.45, 2.75) is 73.9 Å². The lowest BCUT2D eigenvalue weighted by molar-refractivity contribution is -0.461. The van der Waals surface area contributed by atoms with Gasteiger partial charge in [-0.1, -0.05) is 0 Å². The Bertz CT molecular complexity index is 756. The lowest BCUT2D eigenvalue weighted by Gasteiger charge is -2.43. The van der Waals surface area contributed by atoms with Crippen LogP contribution in [0.15, 0.2) is 12.3 Å². The molecule has 20 heteroatoms. The van der Waals surface area contributed by atoms with Crippen LogP contribution in [0.1, 0.15) is 20.3 Å². The summed E-state index contributed by atoms with van der Waals surface area (Å²) < 4.78 is 236. The van der Waals surface area contributed by atoms with Crippen molar-refractivity contribution in [3.05, 3.63) is 12.3 Å². The quantitative estimate of drug-likeness (QED) is 0.153. The number of alkyl halides is 17. The Kier molecular flexibility index (Phi) is 9.73. The monoisotopic (exact) mass is 592 g/mol. The molecule has 0 fully saturated rings. The van der Waals surface area contributed by atoms with Gasteiger partial charge < -0.3 is 8.85 Å². The molecule has 0 amide bonds. The van der Waals surface area contributed by atoms with Crippen molar-refractivity contribution in [3.8, 4) is 0 Å². The molecule has 0 saturated heterocycles. The Morgan fingerprint density at radius 2 is 0.861 bits per heavy atom. The second-order valence-corrected chi connectivity index (χ2v) is 10.1. The highest BCUT2D eigenvalue weighted by Gasteiger charge is 2.95. The van der Waals surface area contributed by atoms with Gasteiger partial charge in [0.2, 0.25) is 0 Å². The van der Waals surface area contributed by atoms with Crippen LogP contribution in [-0.4, -0.2) is 69.4 Å². The van der Waals surface area contributed by atoms with Gasteiger partial charge in [0.15, 0.2) is 0 Å². The first-order valence-corrected chi connectivity index (χ1v) is 11.4. The largest absolute Gasteiger partial charge is 0.460 e. The Morgan fingerprint density at radius 1 is 0.556 bits per heavy atom. The maximum atomic E-state index is 14.0. The molecule has 0 N–H and O–H groups in total. The van der Waals surface area contributed by atoms with Gasteiger partial charge in [-0.2, -0.15) is 74.6 Å². The number of halogens is 17. The second kappa shape index (κ2) is 10.1. The van der Waals surface area contributed by atoms with Crippen LogP contribution in [0, 0.1) is 0 Å². The zero-order chi connectivity index (χ0) is 29.4. The molecule has 0 aromatic rings. The third-order valence-corrected chi connectivity index (χ3v) is 7.79. The van der Waals surface area contributed by atoms with Crippen molar-refractivity contribution < 1.29 is 83.5 Å². The topological polar surface area (TPSA) is 18.5 Å². The summed E-state index contributed by atoms with van der Waals surface area (Å²) in [5.74, 6) is -56.4. The highest BCUT2D eigenvalue weighted by atomic mass is 28.4. The molecule has 0 atom stereocenters. The highest BCUT2D eigenvalue weighted by Crippen LogP contribution is 2.64. The number of rotatable bonds is 14. The maximum Gasteiger partial charge on any atom is 0.460 e. The van der Waals surface area contributed by atoms with E-state index in [1.807, 2.05) is 0 Å². The molecule has 0 spiro atoms. The summed E-state index contributed by atoms with van der Waals surface area (Å²) in [6, 6.07) is -1.47. The molecular weight excluding hydrogens is 575 g/mol. The highest BCUT2D eigenvalue weighted by molar-refractivity contribution is 6.72. The minimum Gasteiger partial charge on any atom is -0.392 e. The molecule has 0 aliphatic rings. The predicted molar refractivity (Wildman–Crippen MR) is 89.3 cm³/mol. The van der Waals surface area contributed by atoms with Crippen LogP contribution in [0.25, 0.3) is 0 Å². The summed E-state index contributed by atoms with van der Waals surface area (Å²) >= 11 is 0. The molecule has 0 saturated carbocycles. The molecule has 0 aliphatic carbocycles. The van der Waals surface area contributed by atoms with Gasteiger partial charge in [0.1, 0.15) is 0 Å². The van der Waals surface area contributed by atoms with Gasteiger partial charge in [0.05, 0.1) is 0 Å². The van der Waals surface area contributed by atoms with Gasteiger partial charge in [-0.15, -0.1) is 6.58 Å². The van der Waals surface area contributed by atoms with Crippen molar-refractivity contribution in [2.24, 2.45) is 0 Å². The fourth-order valence-corrected chi connectivity index (χ4v) is 5.03. The Morgan fingerprint density at radius 3 is 1.14 bits per heavy atom. The summed E-state index contributed by atoms with van der Waals surface area (Å²) in [4.78, 5) is 0. The van der Waals surface area contributed by atoms with Crippen LogP contribution in [0.5, 0.6) is 0 Å². The average molecular weight is 592 g/mol. The van der Waals surface area contributed by atoms with E-state index in [9.17, 15) is 74.6 Å². The van der Waals surface area contributed by atoms with Crippen LogP contribution >= 0.6 is 0 Å². The smallest absolute Gasteiger partial charge is 0.392 e. The standard InChI is InChI=1S/C16H17F17O2Si/c1-4-34-36(6-3,35-5-2)8-7-9(17,18)10(19,20)11(21,22)12(23,24)13(25,26)14(27,28)15(29,30)16(31,32)33/h6H,3-5,7-8H2,1-2H3. The van der Waals surface area contributed by atoms with Crippen LogP contribution in [-0.2, 0) is 8.85 Å². The fourth-order valence-electron chi connectivity index (χ4n) is 2.58. The average Bonchev–Trinajstić information content (AvgIpc) is 2.70. The molecule has 0 rings (SSSR count). The molecule has 36 heavy (non-hydrogen) atoms. The number of hydrogen-bond acceptors (Lipinski definition) is 2. The minimum absolute atomic E-state index is 0.372. The van der Waals surface area contributed by atoms with E-state index in [0.717, 1.165) is 0 Å². The van der Waals surface area contributed by atoms with Crippen LogP contribution in [0.4, 0.5) is 74.6 Å². The minimum atomic E-state index is -8.64. The summed E-state index contributed by atoms with van der Waals surface area (Å²) in [6.07, 6.45) is -10.4. The first-order valence-electron chi connectivity index (χ1n) is 9.27. The molecule has 2 nitrogen and oxygen atoms in total. The third-order valence-electron chi connectivity index (χ3n) is 4.66. The van der Waals surface area contributed by atoms with Crippen molar-refractivity contribution in [3.63, 3.8) is 0 Å². The molecule has 0 aliphatic heterocycles. The van der Waals surface area contributed by atoms with E-state index in [1.54, 1.807) is 0 Å². The predicted octanol–water partition coefficient (Wildman–Crippen LogP) is 7.63. The molecule has 0 bridgehead atoms. The Labute approximate surface area is 192 Å². The fraction of sp³-hybridized carbons (Fsp3) is 0.875. The van der Waals surface area contributed by atoms with Gasteiger partial charge in [-0.05, 0) is 19.5 Å². The SMILES string of the molecule is C=C[Si](CCC(F)(F)C(F)(F)C(F)(F)C(F)(F)C(F)(F)C(F)(F)C(F)(F)C(F)(F)F)(OCC)OCC. The van der Waals surface area contributed by atoms with Crippen molar-refractivity contribution in [1.82, 2.24) is 0 Å². The van der Waals surface area contributed by atoms with Crippen molar-refractivity contribution in [2.75, 3.05) is 13.2 Å². The van der Waals surface area contributed by atoms with Gasteiger partial charge >= 0.3 is 56.2 Å². The second-order valence-electron chi connectivity index (χ2n) is 7.03. The lowest BCUT2D eigenvalue weighted by Crippen LogP contribution is -2.74. The summed E-state index contributed by atoms with van der Waals surface area (Å²) in [7, 11) is -4.15. The lowest BCUT2D eigenvalue weighted by atomic mass is 9.88. The third kappa shape index (κ3) is 5.17. The van der Waals surface area contributed by atoms with E-state index in [-0.39, 0.29) is 13.2 Å². The normalized spacial score (nSPS) is 15.9. The molecule has 0 aromatic heterocycles. The molecule has 0 radical (unpaired) electrons. The molecule has 0 aromatic carbocycles. The van der Waals surface area contributed by atoms with Crippen LogP contribution in [0.2, 0.25) is 6.04 Å².